The summed E-state index contributed by atoms with van der Waals surface area (Å²) in [6.07, 6.45) is 14.6. The van der Waals surface area contributed by atoms with Crippen molar-refractivity contribution < 1.29 is 72.1 Å². The molecule has 13 nitrogen and oxygen atoms in total. The van der Waals surface area contributed by atoms with E-state index < -0.39 is 7.43 Å². The van der Waals surface area contributed by atoms with Gasteiger partial charge in [0.2, 0.25) is 0 Å². The number of carbonyl (C=O) groups excluding carboxylic acids is 2. The van der Waals surface area contributed by atoms with Gasteiger partial charge in [-0.15, -0.1) is 24.0 Å². The maximum Gasteiger partial charge on any atom is 1.00 e. The van der Waals surface area contributed by atoms with Gasteiger partial charge < -0.3 is 36.3 Å². The number of aryl methyl sites for hydroxylation is 3. The monoisotopic (exact) mass is 775 g/mol. The Morgan fingerprint density at radius 2 is 1.24 bits per heavy atom. The number of hydrogen-bond acceptors (Lipinski definition) is 10. The van der Waals surface area contributed by atoms with Crippen LogP contribution >= 0.6 is 24.0 Å². The van der Waals surface area contributed by atoms with Crippen LogP contribution in [0.2, 0.25) is 0 Å². The first-order valence-corrected chi connectivity index (χ1v) is 14.3. The predicted octanol–water partition coefficient (Wildman–Crippen LogP) is 0.0695. The largest absolute Gasteiger partial charge is 1.00 e. The van der Waals surface area contributed by atoms with Crippen molar-refractivity contribution in [3.63, 3.8) is 0 Å². The number of nitrogens with zero attached hydrogens (tertiary/aromatic N) is 6. The van der Waals surface area contributed by atoms with Gasteiger partial charge in [0.25, 0.3) is 0 Å². The average molecular weight is 776 g/mol. The normalized spacial score (nSPS) is 9.14. The predicted molar refractivity (Wildman–Crippen MR) is 177 cm³/mol. The molecule has 0 aliphatic rings. The van der Waals surface area contributed by atoms with Crippen molar-refractivity contribution in [3.8, 4) is 23.3 Å². The van der Waals surface area contributed by atoms with E-state index in [1.807, 2.05) is 66.8 Å². The second-order valence-corrected chi connectivity index (χ2v) is 12.5. The number of rotatable bonds is 5. The fourth-order valence-electron chi connectivity index (χ4n) is 2.75. The Morgan fingerprint density at radius 1 is 0.833 bits per heavy atom. The standard InChI is InChI=1S/C8H10N4.C8H10OS3.C6H6N4.C2H2O2.HI.K.H3N.H2O.H/c1-11-5-3-9-7(11)8-10-4-6-12(8)2;1-7-3-5-8(6-4-7)12(10,11)9-2;1-2-8-5(7-1)6-9-3-4-10-6;3-1-2-4;;;;;/h2*3-6H,1-2H3;1-4H,(H,7,8)(H,9,10);1-2H;1H;;1H3;1H2;/q;;;;;+1;;;-1. The van der Waals surface area contributed by atoms with Crippen LogP contribution in [0.15, 0.2) is 78.7 Å². The Morgan fingerprint density at radius 3 is 1.50 bits per heavy atom. The van der Waals surface area contributed by atoms with Crippen LogP contribution in [0.3, 0.4) is 0 Å². The third kappa shape index (κ3) is 14.7. The first-order valence-electron chi connectivity index (χ1n) is 10.9. The zero-order chi connectivity index (χ0) is 28.0. The van der Waals surface area contributed by atoms with Gasteiger partial charge in [-0.25, -0.2) is 19.9 Å². The molecule has 0 atom stereocenters. The summed E-state index contributed by atoms with van der Waals surface area (Å²) < 4.78 is 8.97. The van der Waals surface area contributed by atoms with Crippen molar-refractivity contribution in [2.45, 2.75) is 11.8 Å². The molecule has 0 saturated heterocycles. The molecule has 0 aliphatic heterocycles. The Bertz CT molecular complexity index is 1420. The fourth-order valence-corrected chi connectivity index (χ4v) is 4.08. The van der Waals surface area contributed by atoms with E-state index in [1.165, 1.54) is 5.56 Å². The van der Waals surface area contributed by atoms with Crippen LogP contribution in [-0.2, 0) is 57.7 Å². The summed E-state index contributed by atoms with van der Waals surface area (Å²) in [7, 11) is 3.63. The number of hydrogen-bond donors (Lipinski definition) is 3. The number of carbonyl (C=O) groups is 2. The summed E-state index contributed by atoms with van der Waals surface area (Å²) in [5, 5.41) is 0. The van der Waals surface area contributed by atoms with E-state index in [1.54, 1.807) is 44.3 Å². The molecular weight excluding hydrogens is 741 g/mol. The van der Waals surface area contributed by atoms with Crippen LogP contribution in [0.1, 0.15) is 6.99 Å². The van der Waals surface area contributed by atoms with E-state index in [9.17, 15) is 0 Å². The van der Waals surface area contributed by atoms with E-state index in [0.29, 0.717) is 0 Å². The zero-order valence-corrected chi connectivity index (χ0v) is 31.7. The van der Waals surface area contributed by atoms with E-state index in [4.69, 9.17) is 36.1 Å². The van der Waals surface area contributed by atoms with Gasteiger partial charge in [0.05, 0.1) is 7.11 Å². The van der Waals surface area contributed by atoms with Crippen LogP contribution < -0.4 is 57.5 Å². The molecule has 4 aromatic heterocycles. The summed E-state index contributed by atoms with van der Waals surface area (Å²) in [4.78, 5) is 40.8. The Labute approximate surface area is 315 Å². The van der Waals surface area contributed by atoms with Gasteiger partial charge in [-0.3, -0.25) is 9.59 Å². The fraction of sp³-hybridized carbons (Fsp3) is 0.167. The molecule has 18 heteroatoms. The Hall–Kier alpha value is -1.56. The maximum atomic E-state index is 8.81. The first kappa shape index (κ1) is 44.9. The van der Waals surface area contributed by atoms with Gasteiger partial charge in [-0.05, 0) is 41.4 Å². The van der Waals surface area contributed by atoms with Crippen LogP contribution in [0, 0.1) is 6.92 Å². The third-order valence-corrected chi connectivity index (χ3v) is 7.91. The molecule has 0 spiro atoms. The van der Waals surface area contributed by atoms with Gasteiger partial charge in [0.15, 0.2) is 35.9 Å². The minimum atomic E-state index is -1.85. The second kappa shape index (κ2) is 23.8. The number of H-pyrrole nitrogens is 2. The van der Waals surface area contributed by atoms with E-state index >= 15 is 0 Å². The van der Waals surface area contributed by atoms with Crippen molar-refractivity contribution in [2.75, 3.05) is 7.11 Å². The molecule has 0 aliphatic carbocycles. The van der Waals surface area contributed by atoms with Gasteiger partial charge in [0.1, 0.15) is 0 Å². The van der Waals surface area contributed by atoms with Crippen molar-refractivity contribution >= 4 is 66.4 Å². The number of aldehydes is 2. The topological polar surface area (TPSA) is 203 Å². The zero-order valence-electron chi connectivity index (χ0n) is 24.8. The molecule has 0 unspecified atom stereocenters. The van der Waals surface area contributed by atoms with Gasteiger partial charge >= 0.3 is 51.4 Å². The Kier molecular flexibility index (Phi) is 25.5. The van der Waals surface area contributed by atoms with Crippen molar-refractivity contribution in [2.24, 2.45) is 14.1 Å². The molecule has 5 aromatic rings. The summed E-state index contributed by atoms with van der Waals surface area (Å²) in [6.45, 7) is 2.03. The first-order chi connectivity index (χ1) is 18.2. The van der Waals surface area contributed by atoms with Crippen LogP contribution in [0.5, 0.6) is 0 Å². The summed E-state index contributed by atoms with van der Waals surface area (Å²) >= 11 is 10.3. The summed E-state index contributed by atoms with van der Waals surface area (Å²) in [5.41, 5.74) is 1.20. The minimum Gasteiger partial charge on any atom is -1.00 e. The molecule has 0 bridgehead atoms. The molecule has 1 aromatic carbocycles. The Balaban J connectivity index is -0.000000237. The number of imidazole rings is 4. The molecule has 0 saturated carbocycles. The van der Waals surface area contributed by atoms with Crippen molar-refractivity contribution in [1.29, 1.82) is 0 Å². The average Bonchev–Trinajstić information content (AvgIpc) is 3.73. The van der Waals surface area contributed by atoms with E-state index in [0.717, 1.165) is 28.2 Å². The number of nitrogens with one attached hydrogen (secondary N) is 2. The van der Waals surface area contributed by atoms with Gasteiger partial charge in [0, 0.05) is 76.0 Å². The summed E-state index contributed by atoms with van der Waals surface area (Å²) in [6, 6.07) is 7.87. The molecule has 5 rings (SSSR count). The van der Waals surface area contributed by atoms with Crippen LogP contribution in [-0.4, -0.2) is 64.2 Å². The van der Waals surface area contributed by atoms with E-state index in [2.05, 4.69) is 29.9 Å². The number of aromatic amines is 2. The second-order valence-electron chi connectivity index (χ2n) is 7.31. The third-order valence-electron chi connectivity index (χ3n) is 4.65. The SMILES string of the molecule is COS(=S)(=S)c1ccc(C)cc1.Cn1ccnc1-c1nccn1C.I.N.O.O=CC=O.[H-].[K+].c1c[nH]c(-c2ncc[nH]2)n1. The maximum absolute atomic E-state index is 8.81. The smallest absolute Gasteiger partial charge is 1.00 e. The molecule has 0 amide bonds. The van der Waals surface area contributed by atoms with E-state index in [-0.39, 0.29) is 101 Å². The minimum absolute atomic E-state index is 0. The van der Waals surface area contributed by atoms with Crippen molar-refractivity contribution in [3.05, 3.63) is 79.4 Å². The number of benzene rings is 1. The van der Waals surface area contributed by atoms with Crippen molar-refractivity contribution in [1.82, 2.24) is 45.2 Å². The quantitative estimate of drug-likeness (QED) is 0.0950. The molecule has 42 heavy (non-hydrogen) atoms. The van der Waals surface area contributed by atoms with Crippen LogP contribution in [0.4, 0.5) is 0 Å². The van der Waals surface area contributed by atoms with Gasteiger partial charge in [-0.1, -0.05) is 17.7 Å². The molecule has 0 fully saturated rings. The number of halogens is 1. The summed E-state index contributed by atoms with van der Waals surface area (Å²) in [5.74, 6) is 3.32. The molecular formula is C24H35IKN9O4S3. The molecule has 4 heterocycles. The number of aromatic nitrogens is 8. The molecule has 7 N–H and O–H groups in total. The van der Waals surface area contributed by atoms with Crippen LogP contribution in [0.25, 0.3) is 23.3 Å². The van der Waals surface area contributed by atoms with Gasteiger partial charge in [-0.2, -0.15) is 0 Å². The molecule has 226 valence electrons. The molecule has 0 radical (unpaired) electrons.